The topological polar surface area (TPSA) is 39.9 Å². The van der Waals surface area contributed by atoms with Crippen LogP contribution in [0.15, 0.2) is 17.4 Å². The van der Waals surface area contributed by atoms with E-state index >= 15 is 0 Å². The molecule has 122 valence electrons. The highest BCUT2D eigenvalue weighted by Gasteiger charge is 2.36. The number of hydrogen-bond acceptors (Lipinski definition) is 4. The Balaban J connectivity index is 2.16. The van der Waals surface area contributed by atoms with E-state index < -0.39 is 8.32 Å². The molecular formula is C15H24ClN3OSSi. The highest BCUT2D eigenvalue weighted by atomic mass is 35.5. The molecule has 0 N–H and O–H groups in total. The molecular weight excluding hydrogens is 334 g/mol. The van der Waals surface area contributed by atoms with Gasteiger partial charge in [0.25, 0.3) is 0 Å². The maximum Gasteiger partial charge on any atom is 0.192 e. The van der Waals surface area contributed by atoms with Crippen LogP contribution in [0.5, 0.6) is 0 Å². The number of rotatable bonds is 5. The maximum absolute atomic E-state index is 6.25. The van der Waals surface area contributed by atoms with E-state index in [-0.39, 0.29) is 5.04 Å². The van der Waals surface area contributed by atoms with Gasteiger partial charge in [-0.15, -0.1) is 11.8 Å². The standard InChI is InChI=1S/C15H24ClN3OSSi/c1-15(2,3)22(5,6)20-8-7-19-10-17-11-9-12(16)18-14(21-4)13(11)19/h9-10H,7-8H2,1-6H3. The van der Waals surface area contributed by atoms with Crippen molar-refractivity contribution in [3.63, 3.8) is 0 Å². The van der Waals surface area contributed by atoms with E-state index in [0.29, 0.717) is 11.8 Å². The molecule has 0 spiro atoms. The van der Waals surface area contributed by atoms with Crippen LogP contribution in [0, 0.1) is 0 Å². The third-order valence-electron chi connectivity index (χ3n) is 4.33. The molecule has 0 saturated carbocycles. The van der Waals surface area contributed by atoms with Gasteiger partial charge in [0, 0.05) is 12.6 Å². The third-order valence-corrected chi connectivity index (χ3v) is 9.73. The first-order valence-corrected chi connectivity index (χ1v) is 11.9. The van der Waals surface area contributed by atoms with E-state index in [0.717, 1.165) is 22.6 Å². The molecule has 2 heterocycles. The van der Waals surface area contributed by atoms with Crippen molar-refractivity contribution in [2.24, 2.45) is 0 Å². The van der Waals surface area contributed by atoms with Gasteiger partial charge in [-0.1, -0.05) is 32.4 Å². The van der Waals surface area contributed by atoms with Crippen molar-refractivity contribution in [3.8, 4) is 0 Å². The van der Waals surface area contributed by atoms with Gasteiger partial charge in [-0.2, -0.15) is 0 Å². The lowest BCUT2D eigenvalue weighted by atomic mass is 10.2. The van der Waals surface area contributed by atoms with Crippen molar-refractivity contribution in [3.05, 3.63) is 17.5 Å². The first-order chi connectivity index (χ1) is 10.2. The lowest BCUT2D eigenvalue weighted by Crippen LogP contribution is -2.41. The zero-order valence-electron chi connectivity index (χ0n) is 14.1. The van der Waals surface area contributed by atoms with Crippen molar-refractivity contribution in [1.82, 2.24) is 14.5 Å². The quantitative estimate of drug-likeness (QED) is 0.436. The van der Waals surface area contributed by atoms with Crippen molar-refractivity contribution < 1.29 is 4.43 Å². The average molecular weight is 358 g/mol. The number of thioether (sulfide) groups is 1. The molecule has 0 radical (unpaired) electrons. The summed E-state index contributed by atoms with van der Waals surface area (Å²) in [6.07, 6.45) is 3.85. The summed E-state index contributed by atoms with van der Waals surface area (Å²) in [4.78, 5) is 8.82. The number of halogens is 1. The number of nitrogens with zero attached hydrogens (tertiary/aromatic N) is 3. The summed E-state index contributed by atoms with van der Waals surface area (Å²) < 4.78 is 8.36. The summed E-state index contributed by atoms with van der Waals surface area (Å²) in [5, 5.41) is 1.62. The van der Waals surface area contributed by atoms with Crippen molar-refractivity contribution in [2.75, 3.05) is 12.9 Å². The van der Waals surface area contributed by atoms with Gasteiger partial charge in [0.05, 0.1) is 18.5 Å². The summed E-state index contributed by atoms with van der Waals surface area (Å²) in [6.45, 7) is 12.8. The normalized spacial score (nSPS) is 13.0. The van der Waals surface area contributed by atoms with E-state index in [1.54, 1.807) is 11.8 Å². The zero-order chi connectivity index (χ0) is 16.5. The molecule has 2 aromatic rings. The predicted octanol–water partition coefficient (Wildman–Crippen LogP) is 4.83. The Morgan fingerprint density at radius 1 is 1.36 bits per heavy atom. The molecule has 0 aliphatic rings. The fourth-order valence-corrected chi connectivity index (χ4v) is 3.84. The Morgan fingerprint density at radius 2 is 2.05 bits per heavy atom. The van der Waals surface area contributed by atoms with Crippen LogP contribution in [-0.2, 0) is 11.0 Å². The van der Waals surface area contributed by atoms with E-state index in [1.807, 2.05) is 18.6 Å². The summed E-state index contributed by atoms with van der Waals surface area (Å²) in [5.41, 5.74) is 1.92. The Bertz CT molecular complexity index is 667. The summed E-state index contributed by atoms with van der Waals surface area (Å²) in [5.74, 6) is 0. The predicted molar refractivity (Wildman–Crippen MR) is 97.5 cm³/mol. The van der Waals surface area contributed by atoms with Gasteiger partial charge in [0.15, 0.2) is 8.32 Å². The molecule has 2 aromatic heterocycles. The number of fused-ring (bicyclic) bond motifs is 1. The molecule has 7 heteroatoms. The van der Waals surface area contributed by atoms with Gasteiger partial charge >= 0.3 is 0 Å². The van der Waals surface area contributed by atoms with Crippen LogP contribution in [0.25, 0.3) is 11.0 Å². The van der Waals surface area contributed by atoms with Gasteiger partial charge in [-0.05, 0) is 24.4 Å². The first kappa shape index (κ1) is 17.8. The molecule has 22 heavy (non-hydrogen) atoms. The van der Waals surface area contributed by atoms with Gasteiger partial charge in [0.1, 0.15) is 15.7 Å². The van der Waals surface area contributed by atoms with Gasteiger partial charge < -0.3 is 8.99 Å². The van der Waals surface area contributed by atoms with Crippen LogP contribution < -0.4 is 0 Å². The van der Waals surface area contributed by atoms with Crippen LogP contribution in [0.2, 0.25) is 23.3 Å². The van der Waals surface area contributed by atoms with Crippen LogP contribution in [0.3, 0.4) is 0 Å². The monoisotopic (exact) mass is 357 g/mol. The van der Waals surface area contributed by atoms with E-state index in [1.165, 1.54) is 0 Å². The molecule has 2 rings (SSSR count). The van der Waals surface area contributed by atoms with Crippen molar-refractivity contribution in [2.45, 2.75) is 50.5 Å². The van der Waals surface area contributed by atoms with Crippen LogP contribution in [0.4, 0.5) is 0 Å². The average Bonchev–Trinajstić information content (AvgIpc) is 2.79. The van der Waals surface area contributed by atoms with E-state index in [4.69, 9.17) is 16.0 Å². The Morgan fingerprint density at radius 3 is 2.64 bits per heavy atom. The van der Waals surface area contributed by atoms with Crippen molar-refractivity contribution >= 4 is 42.7 Å². The summed E-state index contributed by atoms with van der Waals surface area (Å²) in [7, 11) is -1.71. The van der Waals surface area contributed by atoms with Gasteiger partial charge in [-0.25, -0.2) is 9.97 Å². The molecule has 0 saturated heterocycles. The molecule has 0 unspecified atom stereocenters. The highest BCUT2D eigenvalue weighted by Crippen LogP contribution is 2.36. The minimum absolute atomic E-state index is 0.226. The number of pyridine rings is 1. The van der Waals surface area contributed by atoms with Crippen LogP contribution >= 0.6 is 23.4 Å². The second-order valence-corrected chi connectivity index (χ2v) is 12.9. The molecule has 0 aliphatic heterocycles. The Hall–Kier alpha value is -0.563. The van der Waals surface area contributed by atoms with Crippen molar-refractivity contribution in [1.29, 1.82) is 0 Å². The molecule has 0 fully saturated rings. The lowest BCUT2D eigenvalue weighted by molar-refractivity contribution is 0.273. The fourth-order valence-electron chi connectivity index (χ4n) is 1.96. The van der Waals surface area contributed by atoms with Gasteiger partial charge in [-0.3, -0.25) is 0 Å². The highest BCUT2D eigenvalue weighted by molar-refractivity contribution is 7.98. The third kappa shape index (κ3) is 3.67. The van der Waals surface area contributed by atoms with E-state index in [2.05, 4.69) is 48.4 Å². The molecule has 0 atom stereocenters. The zero-order valence-corrected chi connectivity index (χ0v) is 16.7. The van der Waals surface area contributed by atoms with Crippen LogP contribution in [0.1, 0.15) is 20.8 Å². The summed E-state index contributed by atoms with van der Waals surface area (Å²) >= 11 is 7.62. The SMILES string of the molecule is CSc1nc(Cl)cc2ncn(CCO[Si](C)(C)C(C)(C)C)c12. The largest absolute Gasteiger partial charge is 0.415 e. The number of aromatic nitrogens is 3. The first-order valence-electron chi connectivity index (χ1n) is 7.35. The minimum Gasteiger partial charge on any atom is -0.415 e. The second-order valence-electron chi connectivity index (χ2n) is 6.87. The number of imidazole rings is 1. The fraction of sp³-hybridized carbons (Fsp3) is 0.600. The molecule has 0 bridgehead atoms. The lowest BCUT2D eigenvalue weighted by Gasteiger charge is -2.36. The summed E-state index contributed by atoms with van der Waals surface area (Å²) in [6, 6.07) is 1.81. The minimum atomic E-state index is -1.71. The Labute approximate surface area is 142 Å². The molecule has 0 amide bonds. The molecule has 0 aromatic carbocycles. The van der Waals surface area contributed by atoms with Crippen LogP contribution in [-0.4, -0.2) is 35.7 Å². The van der Waals surface area contributed by atoms with Gasteiger partial charge in [0.2, 0.25) is 0 Å². The second kappa shape index (κ2) is 6.51. The van der Waals surface area contributed by atoms with E-state index in [9.17, 15) is 0 Å². The molecule has 4 nitrogen and oxygen atoms in total. The smallest absolute Gasteiger partial charge is 0.192 e. The molecule has 0 aliphatic carbocycles. The number of hydrogen-bond donors (Lipinski definition) is 0. The Kier molecular flexibility index (Phi) is 5.26. The maximum atomic E-state index is 6.25.